The molecule has 1 aromatic heterocycles. The molecule has 0 atom stereocenters. The summed E-state index contributed by atoms with van der Waals surface area (Å²) in [5, 5.41) is 7.83. The van der Waals surface area contributed by atoms with Crippen molar-refractivity contribution < 1.29 is 4.74 Å². The zero-order valence-corrected chi connectivity index (χ0v) is 19.1. The number of thiazole rings is 1. The molecule has 0 bridgehead atoms. The predicted molar refractivity (Wildman–Crippen MR) is 121 cm³/mol. The maximum Gasteiger partial charge on any atom is 0.191 e. The Morgan fingerprint density at radius 3 is 2.62 bits per heavy atom. The Labute approximate surface area is 177 Å². The summed E-state index contributed by atoms with van der Waals surface area (Å²) in [6.07, 6.45) is 0.956. The lowest BCUT2D eigenvalue weighted by atomic mass is 10.2. The fraction of sp³-hybridized carbons (Fsp3) is 0.474. The van der Waals surface area contributed by atoms with Crippen LogP contribution in [0.15, 0.2) is 29.3 Å². The van der Waals surface area contributed by atoms with Gasteiger partial charge in [-0.3, -0.25) is 0 Å². The number of guanidine groups is 1. The number of rotatable bonds is 8. The summed E-state index contributed by atoms with van der Waals surface area (Å²) in [7, 11) is 0. The van der Waals surface area contributed by atoms with E-state index in [9.17, 15) is 0 Å². The summed E-state index contributed by atoms with van der Waals surface area (Å²) >= 11 is 1.77. The molecule has 0 unspecified atom stereocenters. The van der Waals surface area contributed by atoms with E-state index in [1.165, 1.54) is 4.88 Å². The molecular formula is C19H29IN4OS. The third-order valence-corrected chi connectivity index (χ3v) is 4.80. The molecule has 0 saturated heterocycles. The molecule has 7 heteroatoms. The topological polar surface area (TPSA) is 58.5 Å². The van der Waals surface area contributed by atoms with Gasteiger partial charge < -0.3 is 15.4 Å². The molecule has 0 fully saturated rings. The van der Waals surface area contributed by atoms with Crippen molar-refractivity contribution in [2.24, 2.45) is 4.99 Å². The van der Waals surface area contributed by atoms with Crippen molar-refractivity contribution in [3.63, 3.8) is 0 Å². The Hall–Kier alpha value is -1.35. The van der Waals surface area contributed by atoms with Gasteiger partial charge in [-0.1, -0.05) is 18.2 Å². The first-order valence-electron chi connectivity index (χ1n) is 8.79. The number of aromatic nitrogens is 1. The Kier molecular flexibility index (Phi) is 10.6. The Balaban J connectivity index is 0.00000338. The van der Waals surface area contributed by atoms with Crippen LogP contribution in [-0.2, 0) is 13.0 Å². The van der Waals surface area contributed by atoms with Crippen molar-refractivity contribution in [3.8, 4) is 5.75 Å². The second-order valence-corrected chi connectivity index (χ2v) is 6.94. The number of aliphatic imine (C=N–C) groups is 1. The first kappa shape index (κ1) is 22.7. The van der Waals surface area contributed by atoms with Crippen LogP contribution in [-0.4, -0.2) is 30.6 Å². The van der Waals surface area contributed by atoms with E-state index in [4.69, 9.17) is 4.74 Å². The Morgan fingerprint density at radius 1 is 1.19 bits per heavy atom. The van der Waals surface area contributed by atoms with Gasteiger partial charge >= 0.3 is 0 Å². The summed E-state index contributed by atoms with van der Waals surface area (Å²) in [5.74, 6) is 1.73. The lowest BCUT2D eigenvalue weighted by molar-refractivity contribution is 0.336. The summed E-state index contributed by atoms with van der Waals surface area (Å²) in [5.41, 5.74) is 2.23. The average molecular weight is 488 g/mol. The Morgan fingerprint density at radius 2 is 1.96 bits per heavy atom. The highest BCUT2D eigenvalue weighted by atomic mass is 127. The minimum absolute atomic E-state index is 0. The molecule has 2 N–H and O–H groups in total. The minimum atomic E-state index is 0. The molecule has 26 heavy (non-hydrogen) atoms. The van der Waals surface area contributed by atoms with Crippen molar-refractivity contribution in [1.82, 2.24) is 15.6 Å². The van der Waals surface area contributed by atoms with Crippen molar-refractivity contribution in [3.05, 3.63) is 45.4 Å². The fourth-order valence-corrected chi connectivity index (χ4v) is 3.47. The van der Waals surface area contributed by atoms with Crippen LogP contribution in [0.5, 0.6) is 5.75 Å². The minimum Gasteiger partial charge on any atom is -0.494 e. The molecule has 0 aliphatic rings. The summed E-state index contributed by atoms with van der Waals surface area (Å²) in [6.45, 7) is 11.1. The third-order valence-electron chi connectivity index (χ3n) is 3.67. The fourth-order valence-electron chi connectivity index (χ4n) is 2.54. The highest BCUT2D eigenvalue weighted by molar-refractivity contribution is 14.0. The van der Waals surface area contributed by atoms with Gasteiger partial charge in [0, 0.05) is 30.0 Å². The molecule has 5 nitrogen and oxygen atoms in total. The zero-order valence-electron chi connectivity index (χ0n) is 16.0. The van der Waals surface area contributed by atoms with E-state index in [1.807, 2.05) is 25.1 Å². The van der Waals surface area contributed by atoms with Crippen LogP contribution < -0.4 is 15.4 Å². The van der Waals surface area contributed by atoms with Crippen LogP contribution in [0.2, 0.25) is 0 Å². The van der Waals surface area contributed by atoms with Gasteiger partial charge in [-0.05, 0) is 33.8 Å². The molecule has 0 radical (unpaired) electrons. The smallest absolute Gasteiger partial charge is 0.191 e. The molecular weight excluding hydrogens is 459 g/mol. The summed E-state index contributed by atoms with van der Waals surface area (Å²) < 4.78 is 5.67. The number of para-hydroxylation sites is 1. The maximum atomic E-state index is 5.67. The van der Waals surface area contributed by atoms with E-state index in [0.717, 1.165) is 47.5 Å². The Bertz CT molecular complexity index is 703. The molecule has 1 heterocycles. The monoisotopic (exact) mass is 488 g/mol. The molecule has 144 valence electrons. The number of nitrogens with zero attached hydrogens (tertiary/aromatic N) is 2. The number of hydrogen-bond acceptors (Lipinski definition) is 4. The predicted octanol–water partition coefficient (Wildman–Crippen LogP) is 4.07. The van der Waals surface area contributed by atoms with E-state index in [2.05, 4.69) is 47.4 Å². The third kappa shape index (κ3) is 7.11. The average Bonchev–Trinajstić information content (AvgIpc) is 2.91. The highest BCUT2D eigenvalue weighted by Crippen LogP contribution is 2.19. The largest absolute Gasteiger partial charge is 0.494 e. The molecule has 0 aliphatic carbocycles. The lowest BCUT2D eigenvalue weighted by Crippen LogP contribution is -2.38. The van der Waals surface area contributed by atoms with E-state index < -0.39 is 0 Å². The standard InChI is InChI=1S/C19H28N4OS.HI/c1-5-20-19(21-12-11-18-14(3)23-15(4)25-18)22-13-16-9-7-8-10-17(16)24-6-2;/h7-10H,5-6,11-13H2,1-4H3,(H2,20,21,22);1H. The van der Waals surface area contributed by atoms with Gasteiger partial charge in [-0.15, -0.1) is 35.3 Å². The van der Waals surface area contributed by atoms with Gasteiger partial charge in [-0.2, -0.15) is 0 Å². The van der Waals surface area contributed by atoms with Gasteiger partial charge in [0.15, 0.2) is 5.96 Å². The normalized spacial score (nSPS) is 11.0. The van der Waals surface area contributed by atoms with Crippen LogP contribution in [0.25, 0.3) is 0 Å². The van der Waals surface area contributed by atoms with Gasteiger partial charge in [0.2, 0.25) is 0 Å². The summed E-state index contributed by atoms with van der Waals surface area (Å²) in [4.78, 5) is 10.5. The number of ether oxygens (including phenoxy) is 1. The van der Waals surface area contributed by atoms with Crippen LogP contribution in [0.4, 0.5) is 0 Å². The van der Waals surface area contributed by atoms with Crippen molar-refractivity contribution in [1.29, 1.82) is 0 Å². The van der Waals surface area contributed by atoms with Crippen molar-refractivity contribution >= 4 is 41.3 Å². The number of halogens is 1. The second kappa shape index (κ2) is 12.1. The van der Waals surface area contributed by atoms with Gasteiger partial charge in [0.25, 0.3) is 0 Å². The number of nitrogens with one attached hydrogen (secondary N) is 2. The summed E-state index contributed by atoms with van der Waals surface area (Å²) in [6, 6.07) is 8.05. The van der Waals surface area contributed by atoms with E-state index >= 15 is 0 Å². The SMILES string of the molecule is CCNC(=NCc1ccccc1OCC)NCCc1sc(C)nc1C.I. The van der Waals surface area contributed by atoms with Crippen LogP contribution >= 0.6 is 35.3 Å². The highest BCUT2D eigenvalue weighted by Gasteiger charge is 2.06. The number of benzene rings is 1. The molecule has 0 spiro atoms. The quantitative estimate of drug-likeness (QED) is 0.334. The van der Waals surface area contributed by atoms with Gasteiger partial charge in [-0.25, -0.2) is 9.98 Å². The molecule has 1 aromatic carbocycles. The molecule has 0 amide bonds. The van der Waals surface area contributed by atoms with Crippen molar-refractivity contribution in [2.45, 2.75) is 40.7 Å². The first-order valence-corrected chi connectivity index (χ1v) is 9.61. The van der Waals surface area contributed by atoms with Crippen molar-refractivity contribution in [2.75, 3.05) is 19.7 Å². The number of aryl methyl sites for hydroxylation is 2. The zero-order chi connectivity index (χ0) is 18.1. The van der Waals surface area contributed by atoms with Gasteiger partial charge in [0.1, 0.15) is 5.75 Å². The van der Waals surface area contributed by atoms with Crippen LogP contribution in [0.3, 0.4) is 0 Å². The van der Waals surface area contributed by atoms with Gasteiger partial charge in [0.05, 0.1) is 23.9 Å². The lowest BCUT2D eigenvalue weighted by Gasteiger charge is -2.12. The number of hydrogen-bond donors (Lipinski definition) is 2. The maximum absolute atomic E-state index is 5.67. The molecule has 0 aliphatic heterocycles. The molecule has 0 saturated carbocycles. The van der Waals surface area contributed by atoms with Crippen LogP contribution in [0, 0.1) is 13.8 Å². The van der Waals surface area contributed by atoms with E-state index in [-0.39, 0.29) is 24.0 Å². The van der Waals surface area contributed by atoms with E-state index in [0.29, 0.717) is 13.2 Å². The first-order chi connectivity index (χ1) is 12.1. The second-order valence-electron chi connectivity index (χ2n) is 5.65. The molecule has 2 rings (SSSR count). The van der Waals surface area contributed by atoms with Crippen LogP contribution in [0.1, 0.15) is 35.0 Å². The molecule has 2 aromatic rings. The van der Waals surface area contributed by atoms with E-state index in [1.54, 1.807) is 11.3 Å².